The van der Waals surface area contributed by atoms with Crippen LogP contribution in [-0.4, -0.2) is 22.7 Å². The Labute approximate surface area is 232 Å². The van der Waals surface area contributed by atoms with Crippen molar-refractivity contribution in [2.24, 2.45) is 28.6 Å². The molecule has 0 aromatic heterocycles. The van der Waals surface area contributed by atoms with Crippen LogP contribution in [0.3, 0.4) is 0 Å². The molecular formula is C33H60O2Si2. The second-order valence-electron chi connectivity index (χ2n) is 16.9. The summed E-state index contributed by atoms with van der Waals surface area (Å²) in [6, 6.07) is 0. The van der Waals surface area contributed by atoms with Gasteiger partial charge in [0.15, 0.2) is 8.32 Å². The molecule has 0 radical (unpaired) electrons. The van der Waals surface area contributed by atoms with Crippen LogP contribution < -0.4 is 0 Å². The Bertz CT molecular complexity index is 946. The van der Waals surface area contributed by atoms with Crippen LogP contribution >= 0.6 is 0 Å². The molecule has 0 aromatic rings. The van der Waals surface area contributed by atoms with Gasteiger partial charge in [-0.15, -0.1) is 0 Å². The third kappa shape index (κ3) is 4.92. The van der Waals surface area contributed by atoms with Crippen LogP contribution in [0.25, 0.3) is 0 Å². The van der Waals surface area contributed by atoms with Gasteiger partial charge in [0.2, 0.25) is 8.32 Å². The van der Waals surface area contributed by atoms with Gasteiger partial charge in [-0.2, -0.15) is 0 Å². The van der Waals surface area contributed by atoms with Crippen molar-refractivity contribution in [2.75, 3.05) is 0 Å². The van der Waals surface area contributed by atoms with E-state index in [9.17, 15) is 0 Å². The molecule has 4 aliphatic carbocycles. The zero-order valence-corrected chi connectivity index (χ0v) is 28.9. The van der Waals surface area contributed by atoms with Crippen molar-refractivity contribution in [3.63, 3.8) is 0 Å². The molecule has 3 fully saturated rings. The summed E-state index contributed by atoms with van der Waals surface area (Å²) in [5.41, 5.74) is 3.99. The van der Waals surface area contributed by atoms with Gasteiger partial charge in [-0.1, -0.05) is 73.5 Å². The van der Waals surface area contributed by atoms with Gasteiger partial charge in [-0.25, -0.2) is 0 Å². The first-order valence-electron chi connectivity index (χ1n) is 15.5. The van der Waals surface area contributed by atoms with E-state index in [1.54, 1.807) is 5.57 Å². The van der Waals surface area contributed by atoms with Crippen molar-refractivity contribution in [3.05, 3.63) is 23.0 Å². The van der Waals surface area contributed by atoms with Gasteiger partial charge in [0.25, 0.3) is 0 Å². The average molecular weight is 545 g/mol. The van der Waals surface area contributed by atoms with E-state index < -0.39 is 16.6 Å². The summed E-state index contributed by atoms with van der Waals surface area (Å²) >= 11 is 0. The van der Waals surface area contributed by atoms with Crippen molar-refractivity contribution in [2.45, 2.75) is 156 Å². The highest BCUT2D eigenvalue weighted by molar-refractivity contribution is 6.74. The third-order valence-corrected chi connectivity index (χ3v) is 21.6. The first-order valence-corrected chi connectivity index (χ1v) is 21.3. The number of hydrogen-bond acceptors (Lipinski definition) is 2. The van der Waals surface area contributed by atoms with E-state index >= 15 is 0 Å². The summed E-state index contributed by atoms with van der Waals surface area (Å²) in [5, 5.41) is 0.406. The highest BCUT2D eigenvalue weighted by Gasteiger charge is 2.61. The third-order valence-electron chi connectivity index (χ3n) is 12.6. The summed E-state index contributed by atoms with van der Waals surface area (Å²) in [7, 11) is -3.86. The topological polar surface area (TPSA) is 18.5 Å². The molecule has 0 unspecified atom stereocenters. The van der Waals surface area contributed by atoms with Crippen LogP contribution in [0.15, 0.2) is 23.0 Å². The molecule has 0 N–H and O–H groups in total. The molecule has 0 spiro atoms. The number of rotatable bonds is 4. The molecule has 2 nitrogen and oxygen atoms in total. The van der Waals surface area contributed by atoms with E-state index in [2.05, 4.69) is 94.6 Å². The lowest BCUT2D eigenvalue weighted by atomic mass is 9.48. The fourth-order valence-corrected chi connectivity index (χ4v) is 10.8. The maximum absolute atomic E-state index is 7.37. The largest absolute Gasteiger partial charge is 0.547 e. The second-order valence-corrected chi connectivity index (χ2v) is 26.3. The minimum Gasteiger partial charge on any atom is -0.547 e. The van der Waals surface area contributed by atoms with Crippen LogP contribution in [0.1, 0.15) is 114 Å². The standard InChI is InChI=1S/C33H60O2Si2/c1-23(34-36(10,11)30(2,3)4)29-28(35-37(12,13)31(5,6)7)22-27-25-18-17-24-16-14-15-20-32(24,8)26(25)19-21-33(27,29)9/h17,25-28H,14-16,18-22H2,1-13H3/b29-23+/t25-,26+,27+,28-,32+,33+/m1/s1. The highest BCUT2D eigenvalue weighted by atomic mass is 28.4. The number of hydrogen-bond donors (Lipinski definition) is 0. The molecule has 212 valence electrons. The first kappa shape index (κ1) is 29.7. The van der Waals surface area contributed by atoms with Crippen LogP contribution in [0.5, 0.6) is 0 Å². The molecule has 4 aliphatic rings. The summed E-state index contributed by atoms with van der Waals surface area (Å²) < 4.78 is 14.5. The van der Waals surface area contributed by atoms with Crippen LogP contribution in [-0.2, 0) is 8.85 Å². The van der Waals surface area contributed by atoms with Crippen molar-refractivity contribution >= 4 is 16.6 Å². The molecule has 0 aliphatic heterocycles. The summed E-state index contributed by atoms with van der Waals surface area (Å²) in [4.78, 5) is 0. The van der Waals surface area contributed by atoms with Crippen molar-refractivity contribution < 1.29 is 8.85 Å². The summed E-state index contributed by atoms with van der Waals surface area (Å²) in [6.45, 7) is 31.5. The van der Waals surface area contributed by atoms with Gasteiger partial charge in [0.05, 0.1) is 11.9 Å². The Hall–Kier alpha value is -0.326. The predicted octanol–water partition coefficient (Wildman–Crippen LogP) is 10.6. The molecule has 4 heteroatoms. The lowest BCUT2D eigenvalue weighted by molar-refractivity contribution is -0.0153. The zero-order chi connectivity index (χ0) is 27.8. The number of allylic oxidation sites excluding steroid dienone is 3. The van der Waals surface area contributed by atoms with Gasteiger partial charge in [-0.05, 0) is 122 Å². The van der Waals surface area contributed by atoms with Crippen molar-refractivity contribution in [1.29, 1.82) is 0 Å². The molecule has 0 amide bonds. The maximum atomic E-state index is 7.37. The molecule has 0 aromatic carbocycles. The Morgan fingerprint density at radius 3 is 2.08 bits per heavy atom. The normalized spacial score (nSPS) is 38.4. The fourth-order valence-electron chi connectivity index (χ4n) is 8.36. The Morgan fingerprint density at radius 1 is 0.865 bits per heavy atom. The van der Waals surface area contributed by atoms with Gasteiger partial charge < -0.3 is 8.85 Å². The molecule has 4 rings (SSSR count). The fraction of sp³-hybridized carbons (Fsp3) is 0.879. The van der Waals surface area contributed by atoms with Gasteiger partial charge in [-0.3, -0.25) is 0 Å². The van der Waals surface area contributed by atoms with Crippen molar-refractivity contribution in [3.8, 4) is 0 Å². The van der Waals surface area contributed by atoms with E-state index in [4.69, 9.17) is 8.85 Å². The summed E-state index contributed by atoms with van der Waals surface area (Å²) in [6.07, 6.45) is 13.6. The lowest BCUT2D eigenvalue weighted by Gasteiger charge is -2.57. The van der Waals surface area contributed by atoms with Crippen LogP contribution in [0, 0.1) is 28.6 Å². The van der Waals surface area contributed by atoms with Gasteiger partial charge in [0, 0.05) is 0 Å². The van der Waals surface area contributed by atoms with Gasteiger partial charge in [0.1, 0.15) is 0 Å². The van der Waals surface area contributed by atoms with E-state index in [-0.39, 0.29) is 21.6 Å². The smallest absolute Gasteiger partial charge is 0.250 e. The molecule has 6 atom stereocenters. The highest BCUT2D eigenvalue weighted by Crippen LogP contribution is 2.67. The van der Waals surface area contributed by atoms with Crippen LogP contribution in [0.2, 0.25) is 36.3 Å². The minimum absolute atomic E-state index is 0.191. The molecule has 0 saturated heterocycles. The molecule has 0 heterocycles. The second kappa shape index (κ2) is 9.37. The minimum atomic E-state index is -1.93. The first-order chi connectivity index (χ1) is 16.7. The zero-order valence-electron chi connectivity index (χ0n) is 26.9. The SMILES string of the molecule is C/C(O[Si](C)(C)C(C)(C)C)=C1/[C@H](O[Si](C)(C)C(C)(C)C)C[C@H]2[C@@H]3CC=C4CCCC[C@]4(C)[C@H]3CC[C@]12C. The summed E-state index contributed by atoms with van der Waals surface area (Å²) in [5.74, 6) is 3.55. The molecule has 3 saturated carbocycles. The van der Waals surface area contributed by atoms with E-state index in [0.717, 1.165) is 11.8 Å². The van der Waals surface area contributed by atoms with E-state index in [1.165, 1.54) is 57.1 Å². The van der Waals surface area contributed by atoms with E-state index in [0.29, 0.717) is 11.3 Å². The van der Waals surface area contributed by atoms with Crippen LogP contribution in [0.4, 0.5) is 0 Å². The Kier molecular flexibility index (Phi) is 7.51. The maximum Gasteiger partial charge on any atom is 0.250 e. The molecule has 37 heavy (non-hydrogen) atoms. The predicted molar refractivity (Wildman–Crippen MR) is 165 cm³/mol. The number of fused-ring (bicyclic) bond motifs is 5. The molecular weight excluding hydrogens is 485 g/mol. The monoisotopic (exact) mass is 544 g/mol. The quantitative estimate of drug-likeness (QED) is 0.199. The Morgan fingerprint density at radius 2 is 1.49 bits per heavy atom. The van der Waals surface area contributed by atoms with Crippen molar-refractivity contribution in [1.82, 2.24) is 0 Å². The Balaban J connectivity index is 1.77. The van der Waals surface area contributed by atoms with E-state index in [1.807, 2.05) is 5.57 Å². The lowest BCUT2D eigenvalue weighted by Crippen LogP contribution is -2.48. The molecule has 0 bridgehead atoms. The average Bonchev–Trinajstić information content (AvgIpc) is 3.02. The van der Waals surface area contributed by atoms with Gasteiger partial charge >= 0.3 is 0 Å².